The minimum atomic E-state index is -0.228. The van der Waals surface area contributed by atoms with Gasteiger partial charge in [-0.15, -0.1) is 0 Å². The van der Waals surface area contributed by atoms with E-state index in [1.54, 1.807) is 6.07 Å². The first-order chi connectivity index (χ1) is 11.7. The van der Waals surface area contributed by atoms with E-state index in [9.17, 15) is 4.79 Å². The number of aromatic nitrogens is 2. The van der Waals surface area contributed by atoms with Crippen LogP contribution in [0.3, 0.4) is 0 Å². The van der Waals surface area contributed by atoms with E-state index in [2.05, 4.69) is 20.6 Å². The number of hydrogen-bond donors (Lipinski definition) is 2. The molecule has 2 N–H and O–H groups in total. The molecule has 0 aliphatic rings. The van der Waals surface area contributed by atoms with E-state index in [0.29, 0.717) is 18.1 Å². The van der Waals surface area contributed by atoms with Gasteiger partial charge in [0.1, 0.15) is 17.8 Å². The predicted octanol–water partition coefficient (Wildman–Crippen LogP) is 3.46. The maximum atomic E-state index is 12.3. The first kappa shape index (κ1) is 15.7. The summed E-state index contributed by atoms with van der Waals surface area (Å²) in [7, 11) is 0. The number of hydrogen-bond acceptors (Lipinski definition) is 4. The Labute approximate surface area is 140 Å². The van der Waals surface area contributed by atoms with E-state index in [4.69, 9.17) is 0 Å². The molecule has 1 heterocycles. The van der Waals surface area contributed by atoms with Crippen LogP contribution in [0.15, 0.2) is 67.0 Å². The first-order valence-corrected chi connectivity index (χ1v) is 7.68. The summed E-state index contributed by atoms with van der Waals surface area (Å²) in [6, 6.07) is 19.3. The van der Waals surface area contributed by atoms with Crippen LogP contribution in [0.1, 0.15) is 21.6 Å². The molecule has 5 heteroatoms. The summed E-state index contributed by atoms with van der Waals surface area (Å²) in [5.41, 5.74) is 3.47. The molecule has 0 unspecified atom stereocenters. The highest BCUT2D eigenvalue weighted by molar-refractivity contribution is 5.92. The predicted molar refractivity (Wildman–Crippen MR) is 94.1 cm³/mol. The van der Waals surface area contributed by atoms with Gasteiger partial charge in [-0.25, -0.2) is 9.97 Å². The number of nitrogens with one attached hydrogen (secondary N) is 2. The van der Waals surface area contributed by atoms with Gasteiger partial charge in [-0.2, -0.15) is 0 Å². The third-order valence-electron chi connectivity index (χ3n) is 3.52. The molecule has 0 aliphatic carbocycles. The summed E-state index contributed by atoms with van der Waals surface area (Å²) < 4.78 is 0. The number of aryl methyl sites for hydroxylation is 1. The molecule has 3 aromatic rings. The van der Waals surface area contributed by atoms with Crippen molar-refractivity contribution in [3.05, 3.63) is 83.8 Å². The number of carbonyl (C=O) groups excluding carboxylic acids is 1. The smallest absolute Gasteiger partial charge is 0.270 e. The van der Waals surface area contributed by atoms with E-state index in [0.717, 1.165) is 11.3 Å². The molecule has 0 bridgehead atoms. The molecule has 0 saturated carbocycles. The minimum absolute atomic E-state index is 0.228. The van der Waals surface area contributed by atoms with Gasteiger partial charge in [0, 0.05) is 18.3 Å². The quantitative estimate of drug-likeness (QED) is 0.756. The Hall–Kier alpha value is -3.21. The highest BCUT2D eigenvalue weighted by atomic mass is 16.1. The van der Waals surface area contributed by atoms with E-state index in [1.165, 1.54) is 11.9 Å². The van der Waals surface area contributed by atoms with Crippen molar-refractivity contribution < 1.29 is 4.79 Å². The number of rotatable bonds is 5. The number of carbonyl (C=O) groups is 1. The SMILES string of the molecule is Cc1ccc(CNC(=O)c2cc(Nc3ccccc3)ncn2)cc1. The number of benzene rings is 2. The van der Waals surface area contributed by atoms with Crippen molar-refractivity contribution in [2.75, 3.05) is 5.32 Å². The van der Waals surface area contributed by atoms with Crippen LogP contribution in [0.4, 0.5) is 11.5 Å². The van der Waals surface area contributed by atoms with Crippen LogP contribution in [-0.2, 0) is 6.54 Å². The summed E-state index contributed by atoms with van der Waals surface area (Å²) in [6.45, 7) is 2.50. The van der Waals surface area contributed by atoms with Gasteiger partial charge in [-0.05, 0) is 24.6 Å². The fraction of sp³-hybridized carbons (Fsp3) is 0.105. The van der Waals surface area contributed by atoms with Crippen LogP contribution in [0.25, 0.3) is 0 Å². The highest BCUT2D eigenvalue weighted by Gasteiger charge is 2.08. The van der Waals surface area contributed by atoms with E-state index in [-0.39, 0.29) is 5.91 Å². The molecule has 1 amide bonds. The summed E-state index contributed by atoms with van der Waals surface area (Å²) in [5.74, 6) is 0.353. The van der Waals surface area contributed by atoms with Crippen molar-refractivity contribution in [3.8, 4) is 0 Å². The number of para-hydroxylation sites is 1. The molecular formula is C19H18N4O. The Morgan fingerprint density at radius 1 is 1.00 bits per heavy atom. The molecule has 3 rings (SSSR count). The summed E-state index contributed by atoms with van der Waals surface area (Å²) in [6.07, 6.45) is 1.38. The van der Waals surface area contributed by atoms with Gasteiger partial charge in [0.25, 0.3) is 5.91 Å². The molecule has 0 radical (unpaired) electrons. The Bertz CT molecular complexity index is 816. The second-order valence-corrected chi connectivity index (χ2v) is 5.45. The zero-order valence-corrected chi connectivity index (χ0v) is 13.4. The third kappa shape index (κ3) is 4.16. The van der Waals surface area contributed by atoms with Gasteiger partial charge >= 0.3 is 0 Å². The van der Waals surface area contributed by atoms with Gasteiger partial charge in [-0.3, -0.25) is 4.79 Å². The Kier molecular flexibility index (Phi) is 4.81. The van der Waals surface area contributed by atoms with Gasteiger partial charge in [-0.1, -0.05) is 48.0 Å². The molecule has 120 valence electrons. The average Bonchev–Trinajstić information content (AvgIpc) is 2.62. The lowest BCUT2D eigenvalue weighted by Gasteiger charge is -2.08. The summed E-state index contributed by atoms with van der Waals surface area (Å²) in [4.78, 5) is 20.4. The van der Waals surface area contributed by atoms with Crippen LogP contribution >= 0.6 is 0 Å². The summed E-state index contributed by atoms with van der Waals surface area (Å²) >= 11 is 0. The third-order valence-corrected chi connectivity index (χ3v) is 3.52. The van der Waals surface area contributed by atoms with E-state index < -0.39 is 0 Å². The van der Waals surface area contributed by atoms with Crippen LogP contribution in [0.2, 0.25) is 0 Å². The normalized spacial score (nSPS) is 10.2. The van der Waals surface area contributed by atoms with Gasteiger partial charge in [0.2, 0.25) is 0 Å². The van der Waals surface area contributed by atoms with Crippen molar-refractivity contribution in [1.29, 1.82) is 0 Å². The lowest BCUT2D eigenvalue weighted by molar-refractivity contribution is 0.0946. The van der Waals surface area contributed by atoms with Crippen molar-refractivity contribution in [2.45, 2.75) is 13.5 Å². The number of anilines is 2. The van der Waals surface area contributed by atoms with E-state index >= 15 is 0 Å². The molecule has 0 fully saturated rings. The van der Waals surface area contributed by atoms with Crippen LogP contribution in [-0.4, -0.2) is 15.9 Å². The highest BCUT2D eigenvalue weighted by Crippen LogP contribution is 2.13. The molecular weight excluding hydrogens is 300 g/mol. The van der Waals surface area contributed by atoms with Crippen molar-refractivity contribution in [2.24, 2.45) is 0 Å². The molecule has 0 atom stereocenters. The molecule has 0 saturated heterocycles. The first-order valence-electron chi connectivity index (χ1n) is 7.68. The number of nitrogens with zero attached hydrogens (tertiary/aromatic N) is 2. The Morgan fingerprint density at radius 2 is 1.75 bits per heavy atom. The fourth-order valence-electron chi connectivity index (χ4n) is 2.20. The Morgan fingerprint density at radius 3 is 2.50 bits per heavy atom. The fourth-order valence-corrected chi connectivity index (χ4v) is 2.20. The van der Waals surface area contributed by atoms with Crippen molar-refractivity contribution in [3.63, 3.8) is 0 Å². The molecule has 2 aromatic carbocycles. The maximum Gasteiger partial charge on any atom is 0.270 e. The molecule has 5 nitrogen and oxygen atoms in total. The van der Waals surface area contributed by atoms with Gasteiger partial charge < -0.3 is 10.6 Å². The maximum absolute atomic E-state index is 12.3. The van der Waals surface area contributed by atoms with Crippen molar-refractivity contribution in [1.82, 2.24) is 15.3 Å². The lowest BCUT2D eigenvalue weighted by Crippen LogP contribution is -2.24. The largest absolute Gasteiger partial charge is 0.347 e. The Balaban J connectivity index is 1.64. The molecule has 1 aromatic heterocycles. The monoisotopic (exact) mass is 318 g/mol. The zero-order chi connectivity index (χ0) is 16.8. The van der Waals surface area contributed by atoms with Crippen LogP contribution < -0.4 is 10.6 Å². The van der Waals surface area contributed by atoms with Crippen molar-refractivity contribution >= 4 is 17.4 Å². The van der Waals surface area contributed by atoms with Gasteiger partial charge in [0.05, 0.1) is 0 Å². The zero-order valence-electron chi connectivity index (χ0n) is 13.4. The summed E-state index contributed by atoms with van der Waals surface area (Å²) in [5, 5.41) is 6.02. The van der Waals surface area contributed by atoms with Crippen LogP contribution in [0, 0.1) is 6.92 Å². The topological polar surface area (TPSA) is 66.9 Å². The lowest BCUT2D eigenvalue weighted by atomic mass is 10.1. The number of amides is 1. The second-order valence-electron chi connectivity index (χ2n) is 5.45. The molecule has 0 spiro atoms. The molecule has 24 heavy (non-hydrogen) atoms. The standard InChI is InChI=1S/C19H18N4O/c1-14-7-9-15(10-8-14)12-20-19(24)17-11-18(22-13-21-17)23-16-5-3-2-4-6-16/h2-11,13H,12H2,1H3,(H,20,24)(H,21,22,23). The average molecular weight is 318 g/mol. The van der Waals surface area contributed by atoms with Gasteiger partial charge in [0.15, 0.2) is 0 Å². The second kappa shape index (κ2) is 7.37. The van der Waals surface area contributed by atoms with Crippen LogP contribution in [0.5, 0.6) is 0 Å². The minimum Gasteiger partial charge on any atom is -0.347 e. The molecule has 0 aliphatic heterocycles. The van der Waals surface area contributed by atoms with E-state index in [1.807, 2.05) is 61.5 Å².